The van der Waals surface area contributed by atoms with Gasteiger partial charge in [0, 0.05) is 16.7 Å². The van der Waals surface area contributed by atoms with Gasteiger partial charge >= 0.3 is 0 Å². The first-order valence-electron chi connectivity index (χ1n) is 8.88. The van der Waals surface area contributed by atoms with E-state index in [0.29, 0.717) is 5.56 Å². The Morgan fingerprint density at radius 2 is 1.00 bits per heavy atom. The maximum atomic E-state index is 11.8. The Labute approximate surface area is 164 Å². The molecule has 0 heterocycles. The molecule has 138 valence electrons. The van der Waals surface area contributed by atoms with E-state index in [4.69, 9.17) is 0 Å². The molecule has 0 unspecified atom stereocenters. The second kappa shape index (κ2) is 9.19. The van der Waals surface area contributed by atoms with Crippen molar-refractivity contribution in [3.05, 3.63) is 120 Å². The smallest absolute Gasteiger partial charge is 0.193 e. The molecule has 4 aromatic rings. The van der Waals surface area contributed by atoms with Crippen LogP contribution in [0.4, 0.5) is 0 Å². The molecule has 0 radical (unpaired) electrons. The summed E-state index contributed by atoms with van der Waals surface area (Å²) in [5, 5.41) is 18.9. The molecule has 0 amide bonds. The summed E-state index contributed by atoms with van der Waals surface area (Å²) in [4.78, 5) is 11.8. The molecule has 0 saturated carbocycles. The van der Waals surface area contributed by atoms with E-state index in [9.17, 15) is 15.0 Å². The van der Waals surface area contributed by atoms with E-state index in [1.54, 1.807) is 12.1 Å². The molecule has 4 aromatic carbocycles. The minimum Gasteiger partial charge on any atom is -0.504 e. The second-order valence-corrected chi connectivity index (χ2v) is 6.10. The van der Waals surface area contributed by atoms with Gasteiger partial charge in [-0.3, -0.25) is 4.79 Å². The third-order valence-electron chi connectivity index (χ3n) is 4.17. The highest BCUT2D eigenvalue weighted by Gasteiger charge is 2.07. The van der Waals surface area contributed by atoms with Crippen LogP contribution in [0.25, 0.3) is 11.1 Å². The first-order chi connectivity index (χ1) is 13.7. The summed E-state index contributed by atoms with van der Waals surface area (Å²) < 4.78 is 0. The summed E-state index contributed by atoms with van der Waals surface area (Å²) in [6.45, 7) is 0. The van der Waals surface area contributed by atoms with Crippen molar-refractivity contribution in [2.75, 3.05) is 0 Å². The minimum atomic E-state index is -0.0913. The predicted molar refractivity (Wildman–Crippen MR) is 112 cm³/mol. The third-order valence-corrected chi connectivity index (χ3v) is 4.17. The third kappa shape index (κ3) is 4.65. The van der Waals surface area contributed by atoms with Crippen molar-refractivity contribution < 1.29 is 15.0 Å². The highest BCUT2D eigenvalue weighted by molar-refractivity contribution is 6.08. The molecule has 3 nitrogen and oxygen atoms in total. The molecule has 0 fully saturated rings. The average Bonchev–Trinajstić information content (AvgIpc) is 2.77. The molecule has 0 spiro atoms. The van der Waals surface area contributed by atoms with E-state index in [-0.39, 0.29) is 17.3 Å². The number of phenols is 2. The van der Waals surface area contributed by atoms with Crippen molar-refractivity contribution in [2.45, 2.75) is 0 Å². The van der Waals surface area contributed by atoms with E-state index in [0.717, 1.165) is 16.7 Å². The van der Waals surface area contributed by atoms with Gasteiger partial charge in [-0.15, -0.1) is 0 Å². The number of aromatic hydroxyl groups is 2. The van der Waals surface area contributed by atoms with Gasteiger partial charge < -0.3 is 10.2 Å². The van der Waals surface area contributed by atoms with Crippen LogP contribution in [0.3, 0.4) is 0 Å². The molecular weight excluding hydrogens is 348 g/mol. The summed E-state index contributed by atoms with van der Waals surface area (Å²) in [6, 6.07) is 33.0. The zero-order valence-corrected chi connectivity index (χ0v) is 15.2. The van der Waals surface area contributed by atoms with Gasteiger partial charge in [-0.1, -0.05) is 103 Å². The normalized spacial score (nSPS) is 9.86. The highest BCUT2D eigenvalue weighted by Crippen LogP contribution is 2.35. The second-order valence-electron chi connectivity index (χ2n) is 6.10. The van der Waals surface area contributed by atoms with Crippen LogP contribution >= 0.6 is 0 Å². The number of rotatable bonds is 3. The van der Waals surface area contributed by atoms with Gasteiger partial charge in [0.1, 0.15) is 0 Å². The number of ketones is 1. The van der Waals surface area contributed by atoms with Crippen LogP contribution in [0, 0.1) is 0 Å². The van der Waals surface area contributed by atoms with Gasteiger partial charge in [0.2, 0.25) is 0 Å². The lowest BCUT2D eigenvalue weighted by Crippen LogP contribution is -1.99. The Kier molecular flexibility index (Phi) is 6.21. The number of carbonyl (C=O) groups is 1. The van der Waals surface area contributed by atoms with Crippen molar-refractivity contribution in [3.63, 3.8) is 0 Å². The number of benzene rings is 4. The van der Waals surface area contributed by atoms with Crippen LogP contribution in [-0.2, 0) is 0 Å². The Hall–Kier alpha value is -3.85. The Morgan fingerprint density at radius 1 is 0.536 bits per heavy atom. The molecule has 0 atom stereocenters. The Balaban J connectivity index is 0.000000161. The number of phenolic OH excluding ortho intramolecular Hbond substituents is 2. The Morgan fingerprint density at radius 3 is 1.50 bits per heavy atom. The van der Waals surface area contributed by atoms with E-state index in [2.05, 4.69) is 0 Å². The standard InChI is InChI=1S/C13H10O.C12H10O2/c14-13(11-7-3-1-4-8-11)12-9-5-2-6-10-12;13-11-8-4-7-10(12(11)14)9-5-2-1-3-6-9/h1-10H;1-8,13-14H. The lowest BCUT2D eigenvalue weighted by molar-refractivity contribution is 0.103. The topological polar surface area (TPSA) is 57.5 Å². The van der Waals surface area contributed by atoms with Crippen molar-refractivity contribution in [2.24, 2.45) is 0 Å². The number of hydrogen-bond acceptors (Lipinski definition) is 3. The van der Waals surface area contributed by atoms with E-state index in [1.807, 2.05) is 91.0 Å². The zero-order chi connectivity index (χ0) is 19.8. The lowest BCUT2D eigenvalue weighted by Gasteiger charge is -2.05. The van der Waals surface area contributed by atoms with Gasteiger partial charge in [0.05, 0.1) is 0 Å². The van der Waals surface area contributed by atoms with Gasteiger partial charge in [-0.2, -0.15) is 0 Å². The van der Waals surface area contributed by atoms with Crippen LogP contribution in [-0.4, -0.2) is 16.0 Å². The van der Waals surface area contributed by atoms with Crippen LogP contribution in [0.15, 0.2) is 109 Å². The number of carbonyl (C=O) groups excluding carboxylic acids is 1. The fraction of sp³-hybridized carbons (Fsp3) is 0. The SMILES string of the molecule is O=C(c1ccccc1)c1ccccc1.Oc1cccc(-c2ccccc2)c1O. The van der Waals surface area contributed by atoms with Gasteiger partial charge in [0.25, 0.3) is 0 Å². The van der Waals surface area contributed by atoms with Crippen molar-refractivity contribution in [1.82, 2.24) is 0 Å². The molecule has 0 aliphatic rings. The van der Waals surface area contributed by atoms with Crippen molar-refractivity contribution in [1.29, 1.82) is 0 Å². The first kappa shape index (κ1) is 18.9. The van der Waals surface area contributed by atoms with E-state index < -0.39 is 0 Å². The maximum Gasteiger partial charge on any atom is 0.193 e. The van der Waals surface area contributed by atoms with Crippen LogP contribution in [0.5, 0.6) is 11.5 Å². The number of para-hydroxylation sites is 1. The van der Waals surface area contributed by atoms with Gasteiger partial charge in [-0.25, -0.2) is 0 Å². The highest BCUT2D eigenvalue weighted by atomic mass is 16.3. The van der Waals surface area contributed by atoms with Crippen LogP contribution in [0.1, 0.15) is 15.9 Å². The quantitative estimate of drug-likeness (QED) is 0.361. The van der Waals surface area contributed by atoms with Crippen LogP contribution in [0.2, 0.25) is 0 Å². The predicted octanol–water partition coefficient (Wildman–Crippen LogP) is 5.68. The summed E-state index contributed by atoms with van der Waals surface area (Å²) in [5.74, 6) is -0.0868. The van der Waals surface area contributed by atoms with E-state index in [1.165, 1.54) is 6.07 Å². The molecule has 0 aliphatic heterocycles. The lowest BCUT2D eigenvalue weighted by atomic mass is 10.0. The molecule has 0 aromatic heterocycles. The first-order valence-corrected chi connectivity index (χ1v) is 8.88. The van der Waals surface area contributed by atoms with Gasteiger partial charge in [0.15, 0.2) is 17.3 Å². The fourth-order valence-electron chi connectivity index (χ4n) is 2.73. The molecule has 4 rings (SSSR count). The van der Waals surface area contributed by atoms with Gasteiger partial charge in [-0.05, 0) is 11.6 Å². The largest absolute Gasteiger partial charge is 0.504 e. The molecule has 0 aliphatic carbocycles. The monoisotopic (exact) mass is 368 g/mol. The summed E-state index contributed by atoms with van der Waals surface area (Å²) >= 11 is 0. The molecular formula is C25H20O3. The molecule has 3 heteroatoms. The average molecular weight is 368 g/mol. The Bertz CT molecular complexity index is 986. The minimum absolute atomic E-state index is 0.0706. The number of hydrogen-bond donors (Lipinski definition) is 2. The molecule has 0 saturated heterocycles. The summed E-state index contributed by atoms with van der Waals surface area (Å²) in [7, 11) is 0. The zero-order valence-electron chi connectivity index (χ0n) is 15.2. The van der Waals surface area contributed by atoms with E-state index >= 15 is 0 Å². The fourth-order valence-corrected chi connectivity index (χ4v) is 2.73. The summed E-state index contributed by atoms with van der Waals surface area (Å²) in [6.07, 6.45) is 0. The van der Waals surface area contributed by atoms with Crippen molar-refractivity contribution in [3.8, 4) is 22.6 Å². The van der Waals surface area contributed by atoms with Crippen LogP contribution < -0.4 is 0 Å². The molecule has 28 heavy (non-hydrogen) atoms. The molecule has 2 N–H and O–H groups in total. The summed E-state index contributed by atoms with van der Waals surface area (Å²) in [5.41, 5.74) is 3.00. The maximum absolute atomic E-state index is 11.8. The van der Waals surface area contributed by atoms with Crippen molar-refractivity contribution >= 4 is 5.78 Å². The molecule has 0 bridgehead atoms.